The number of esters is 1. The first-order valence-corrected chi connectivity index (χ1v) is 7.83. The van der Waals surface area contributed by atoms with Crippen molar-refractivity contribution in [3.05, 3.63) is 62.8 Å². The Hall–Kier alpha value is -1.82. The molecule has 126 valence electrons. The Bertz CT molecular complexity index is 763. The van der Waals surface area contributed by atoms with E-state index in [2.05, 4.69) is 5.32 Å². The lowest BCUT2D eigenvalue weighted by atomic mass is 10.1. The maximum atomic E-state index is 13.5. The van der Waals surface area contributed by atoms with E-state index in [1.54, 1.807) is 18.2 Å². The van der Waals surface area contributed by atoms with E-state index >= 15 is 0 Å². The van der Waals surface area contributed by atoms with Gasteiger partial charge in [-0.1, -0.05) is 40.9 Å². The lowest BCUT2D eigenvalue weighted by molar-refractivity contribution is -0.146. The summed E-state index contributed by atoms with van der Waals surface area (Å²) in [4.78, 5) is 23.5. The number of carbonyl (C=O) groups is 2. The lowest BCUT2D eigenvalue weighted by Gasteiger charge is -2.09. The first kappa shape index (κ1) is 18.5. The van der Waals surface area contributed by atoms with Crippen LogP contribution in [0.15, 0.2) is 36.4 Å². The summed E-state index contributed by atoms with van der Waals surface area (Å²) in [6.45, 7) is -0.577. The molecule has 24 heavy (non-hydrogen) atoms. The van der Waals surface area contributed by atoms with Crippen LogP contribution in [0.4, 0.5) is 10.1 Å². The first-order valence-electron chi connectivity index (χ1n) is 6.70. The van der Waals surface area contributed by atoms with Gasteiger partial charge in [-0.2, -0.15) is 0 Å². The molecule has 0 saturated heterocycles. The zero-order valence-electron chi connectivity index (χ0n) is 12.1. The van der Waals surface area contributed by atoms with Crippen molar-refractivity contribution in [2.45, 2.75) is 6.42 Å². The quantitative estimate of drug-likeness (QED) is 0.764. The molecule has 8 heteroatoms. The number of hydrogen-bond acceptors (Lipinski definition) is 3. The van der Waals surface area contributed by atoms with Crippen LogP contribution >= 0.6 is 34.8 Å². The van der Waals surface area contributed by atoms with Crippen LogP contribution in [-0.2, 0) is 20.7 Å². The first-order chi connectivity index (χ1) is 11.4. The van der Waals surface area contributed by atoms with Gasteiger partial charge in [0.05, 0.1) is 12.1 Å². The zero-order valence-corrected chi connectivity index (χ0v) is 14.4. The minimum absolute atomic E-state index is 0.0994. The second kappa shape index (κ2) is 8.33. The molecule has 0 heterocycles. The van der Waals surface area contributed by atoms with Gasteiger partial charge in [-0.15, -0.1) is 0 Å². The highest BCUT2D eigenvalue weighted by Gasteiger charge is 2.14. The third kappa shape index (κ3) is 5.09. The van der Waals surface area contributed by atoms with Crippen molar-refractivity contribution in [1.29, 1.82) is 0 Å². The standard InChI is InChI=1S/C16H11Cl3FNO3/c17-9-4-5-13(20)14(6-9)21-15(22)8-24-16(23)7-10-11(18)2-1-3-12(10)19/h1-6H,7-8H2,(H,21,22). The number of carbonyl (C=O) groups excluding carboxylic acids is 2. The van der Waals surface area contributed by atoms with Gasteiger partial charge in [-0.25, -0.2) is 4.39 Å². The second-order valence-corrected chi connectivity index (χ2v) is 5.96. The van der Waals surface area contributed by atoms with Gasteiger partial charge in [0.15, 0.2) is 6.61 Å². The molecule has 1 amide bonds. The molecule has 0 spiro atoms. The van der Waals surface area contributed by atoms with Gasteiger partial charge in [0.1, 0.15) is 5.82 Å². The van der Waals surface area contributed by atoms with Crippen molar-refractivity contribution < 1.29 is 18.7 Å². The summed E-state index contributed by atoms with van der Waals surface area (Å²) in [5.74, 6) is -2.04. The fourth-order valence-electron chi connectivity index (χ4n) is 1.82. The summed E-state index contributed by atoms with van der Waals surface area (Å²) >= 11 is 17.6. The maximum absolute atomic E-state index is 13.5. The summed E-state index contributed by atoms with van der Waals surface area (Å²) < 4.78 is 18.3. The molecular weight excluding hydrogens is 380 g/mol. The predicted octanol–water partition coefficient (Wildman–Crippen LogP) is 4.51. The van der Waals surface area contributed by atoms with Crippen LogP contribution in [-0.4, -0.2) is 18.5 Å². The Morgan fingerprint density at radius 3 is 2.42 bits per heavy atom. The van der Waals surface area contributed by atoms with Crippen LogP contribution < -0.4 is 5.32 Å². The zero-order chi connectivity index (χ0) is 17.7. The molecule has 4 nitrogen and oxygen atoms in total. The number of hydrogen-bond donors (Lipinski definition) is 1. The molecule has 0 unspecified atom stereocenters. The van der Waals surface area contributed by atoms with Crippen LogP contribution in [0, 0.1) is 5.82 Å². The van der Waals surface area contributed by atoms with Crippen LogP contribution in [0.25, 0.3) is 0 Å². The van der Waals surface area contributed by atoms with Crippen molar-refractivity contribution >= 4 is 52.4 Å². The minimum Gasteiger partial charge on any atom is -0.455 e. The summed E-state index contributed by atoms with van der Waals surface area (Å²) in [6, 6.07) is 8.53. The number of anilines is 1. The average molecular weight is 391 g/mol. The molecule has 0 bridgehead atoms. The Morgan fingerprint density at radius 2 is 1.75 bits per heavy atom. The fraction of sp³-hybridized carbons (Fsp3) is 0.125. The van der Waals surface area contributed by atoms with E-state index < -0.39 is 24.3 Å². The van der Waals surface area contributed by atoms with Crippen molar-refractivity contribution in [1.82, 2.24) is 0 Å². The molecule has 1 N–H and O–H groups in total. The van der Waals surface area contributed by atoms with Crippen molar-refractivity contribution in [3.8, 4) is 0 Å². The van der Waals surface area contributed by atoms with Crippen LogP contribution in [0.2, 0.25) is 15.1 Å². The van der Waals surface area contributed by atoms with E-state index in [0.717, 1.165) is 6.07 Å². The summed E-state index contributed by atoms with van der Waals surface area (Å²) in [7, 11) is 0. The Labute approximate surface area is 152 Å². The highest BCUT2D eigenvalue weighted by atomic mass is 35.5. The van der Waals surface area contributed by atoms with Gasteiger partial charge in [0.25, 0.3) is 5.91 Å². The Balaban J connectivity index is 1.89. The van der Waals surface area contributed by atoms with Crippen molar-refractivity contribution in [2.24, 2.45) is 0 Å². The minimum atomic E-state index is -0.699. The van der Waals surface area contributed by atoms with Crippen LogP contribution in [0.5, 0.6) is 0 Å². The number of rotatable bonds is 5. The normalized spacial score (nSPS) is 10.3. The molecule has 0 atom stereocenters. The van der Waals surface area contributed by atoms with Gasteiger partial charge >= 0.3 is 5.97 Å². The number of benzene rings is 2. The fourth-order valence-corrected chi connectivity index (χ4v) is 2.53. The molecule has 0 aliphatic heterocycles. The van der Waals surface area contributed by atoms with Crippen molar-refractivity contribution in [2.75, 3.05) is 11.9 Å². The summed E-state index contributed by atoms with van der Waals surface area (Å²) in [5, 5.41) is 3.17. The molecular formula is C16H11Cl3FNO3. The van der Waals surface area contributed by atoms with Gasteiger partial charge in [-0.05, 0) is 30.3 Å². The number of nitrogens with one attached hydrogen (secondary N) is 1. The summed E-state index contributed by atoms with van der Waals surface area (Å²) in [5.41, 5.74) is 0.310. The molecule has 0 aromatic heterocycles. The predicted molar refractivity (Wildman–Crippen MR) is 91.2 cm³/mol. The number of ether oxygens (including phenoxy) is 1. The third-order valence-corrected chi connectivity index (χ3v) is 3.89. The van der Waals surface area contributed by atoms with E-state index in [1.165, 1.54) is 12.1 Å². The van der Waals surface area contributed by atoms with E-state index in [1.807, 2.05) is 0 Å². The van der Waals surface area contributed by atoms with Crippen LogP contribution in [0.3, 0.4) is 0 Å². The molecule has 2 aromatic rings. The monoisotopic (exact) mass is 389 g/mol. The molecule has 2 aromatic carbocycles. The maximum Gasteiger partial charge on any atom is 0.310 e. The number of halogens is 4. The molecule has 0 fully saturated rings. The van der Waals surface area contributed by atoms with E-state index in [9.17, 15) is 14.0 Å². The van der Waals surface area contributed by atoms with Gasteiger partial charge in [0.2, 0.25) is 0 Å². The SMILES string of the molecule is O=C(COC(=O)Cc1c(Cl)cccc1Cl)Nc1cc(Cl)ccc1F. The highest BCUT2D eigenvalue weighted by Crippen LogP contribution is 2.25. The molecule has 0 radical (unpaired) electrons. The smallest absolute Gasteiger partial charge is 0.310 e. The van der Waals surface area contributed by atoms with Crippen molar-refractivity contribution in [3.63, 3.8) is 0 Å². The molecule has 0 aliphatic rings. The largest absolute Gasteiger partial charge is 0.455 e. The van der Waals surface area contributed by atoms with E-state index in [4.69, 9.17) is 39.5 Å². The molecule has 2 rings (SSSR count). The lowest BCUT2D eigenvalue weighted by Crippen LogP contribution is -2.22. The number of amides is 1. The van der Waals surface area contributed by atoms with Gasteiger partial charge in [0, 0.05) is 20.6 Å². The average Bonchev–Trinajstić information content (AvgIpc) is 2.53. The third-order valence-electron chi connectivity index (χ3n) is 2.95. The Kier molecular flexibility index (Phi) is 6.43. The van der Waals surface area contributed by atoms with Gasteiger partial charge < -0.3 is 10.1 Å². The van der Waals surface area contributed by atoms with Gasteiger partial charge in [-0.3, -0.25) is 9.59 Å². The topological polar surface area (TPSA) is 55.4 Å². The molecule has 0 aliphatic carbocycles. The van der Waals surface area contributed by atoms with E-state index in [0.29, 0.717) is 15.6 Å². The summed E-state index contributed by atoms with van der Waals surface area (Å²) in [6.07, 6.45) is -0.183. The second-order valence-electron chi connectivity index (χ2n) is 4.71. The molecule has 0 saturated carbocycles. The highest BCUT2D eigenvalue weighted by molar-refractivity contribution is 6.36. The van der Waals surface area contributed by atoms with Crippen LogP contribution in [0.1, 0.15) is 5.56 Å². The Morgan fingerprint density at radius 1 is 1.08 bits per heavy atom. The van der Waals surface area contributed by atoms with E-state index in [-0.39, 0.29) is 17.1 Å².